The van der Waals surface area contributed by atoms with Gasteiger partial charge < -0.3 is 25.8 Å². The molecule has 0 aliphatic heterocycles. The molecule has 7 nitrogen and oxygen atoms in total. The molecule has 0 unspecified atom stereocenters. The second kappa shape index (κ2) is 11.2. The van der Waals surface area contributed by atoms with Crippen molar-refractivity contribution < 1.29 is 9.59 Å². The third-order valence-corrected chi connectivity index (χ3v) is 4.86. The molecule has 2 aromatic carbocycles. The van der Waals surface area contributed by atoms with Crippen LogP contribution in [0, 0.1) is 6.92 Å². The summed E-state index contributed by atoms with van der Waals surface area (Å²) in [6.07, 6.45) is 0. The van der Waals surface area contributed by atoms with Gasteiger partial charge in [-0.2, -0.15) is 0 Å². The summed E-state index contributed by atoms with van der Waals surface area (Å²) < 4.78 is 0. The van der Waals surface area contributed by atoms with Crippen LogP contribution in [0.2, 0.25) is 0 Å². The number of hydrogen-bond donors (Lipinski definition) is 3. The van der Waals surface area contributed by atoms with Crippen molar-refractivity contribution in [2.45, 2.75) is 20.8 Å². The summed E-state index contributed by atoms with van der Waals surface area (Å²) in [4.78, 5) is 29.3. The van der Waals surface area contributed by atoms with Gasteiger partial charge in [0, 0.05) is 44.2 Å². The molecule has 0 spiro atoms. The van der Waals surface area contributed by atoms with Gasteiger partial charge in [0.2, 0.25) is 0 Å². The van der Waals surface area contributed by atoms with Crippen molar-refractivity contribution >= 4 is 29.0 Å². The van der Waals surface area contributed by atoms with Crippen molar-refractivity contribution in [1.29, 1.82) is 0 Å². The van der Waals surface area contributed by atoms with E-state index < -0.39 is 0 Å². The van der Waals surface area contributed by atoms with Crippen LogP contribution in [0.3, 0.4) is 0 Å². The zero-order valence-electron chi connectivity index (χ0n) is 18.6. The van der Waals surface area contributed by atoms with Crippen LogP contribution in [0.1, 0.15) is 29.8 Å². The minimum atomic E-state index is -0.355. The normalized spacial score (nSPS) is 10.6. The lowest BCUT2D eigenvalue weighted by molar-refractivity contribution is 0.0949. The maximum atomic E-state index is 12.8. The van der Waals surface area contributed by atoms with Gasteiger partial charge in [-0.3, -0.25) is 4.79 Å². The number of benzene rings is 2. The molecule has 2 rings (SSSR count). The van der Waals surface area contributed by atoms with Crippen LogP contribution in [-0.4, -0.2) is 57.1 Å². The van der Waals surface area contributed by atoms with E-state index in [1.165, 1.54) is 0 Å². The van der Waals surface area contributed by atoms with Crippen molar-refractivity contribution in [3.8, 4) is 0 Å². The first-order valence-corrected chi connectivity index (χ1v) is 10.3. The number of anilines is 3. The Morgan fingerprint density at radius 3 is 2.20 bits per heavy atom. The molecule has 0 aromatic heterocycles. The summed E-state index contributed by atoms with van der Waals surface area (Å²) in [5.74, 6) is -0.159. The lowest BCUT2D eigenvalue weighted by atomic mass is 10.1. The molecule has 0 radical (unpaired) electrons. The fraction of sp³-hybridized carbons (Fsp3) is 0.391. The van der Waals surface area contributed by atoms with Crippen molar-refractivity contribution in [3.05, 3.63) is 53.6 Å². The van der Waals surface area contributed by atoms with E-state index in [4.69, 9.17) is 0 Å². The maximum absolute atomic E-state index is 12.8. The molecule has 0 aliphatic carbocycles. The summed E-state index contributed by atoms with van der Waals surface area (Å²) in [5, 5.41) is 8.60. The number of amides is 3. The molecule has 0 atom stereocenters. The number of carbonyl (C=O) groups is 2. The van der Waals surface area contributed by atoms with Crippen LogP contribution in [0.4, 0.5) is 21.9 Å². The average molecular weight is 412 g/mol. The van der Waals surface area contributed by atoms with E-state index in [9.17, 15) is 9.59 Å². The van der Waals surface area contributed by atoms with E-state index in [1.54, 1.807) is 12.1 Å². The Morgan fingerprint density at radius 1 is 0.933 bits per heavy atom. The highest BCUT2D eigenvalue weighted by atomic mass is 16.2. The number of likely N-dealkylation sites (N-methyl/N-ethyl adjacent to an activating group) is 1. The molecule has 7 heteroatoms. The van der Waals surface area contributed by atoms with Crippen LogP contribution < -0.4 is 20.9 Å². The monoisotopic (exact) mass is 411 g/mol. The van der Waals surface area contributed by atoms with Gasteiger partial charge in [-0.1, -0.05) is 26.0 Å². The standard InChI is InChI=1S/C23H33N5O2/c1-6-28(7-2)14-13-24-22(29)20-16-19(11-12-21(20)27(4)5)26-23(30)25-18-10-8-9-17(3)15-18/h8-12,15-16H,6-7,13-14H2,1-5H3,(H,24,29)(H2,25,26,30). The quantitative estimate of drug-likeness (QED) is 0.587. The minimum Gasteiger partial charge on any atom is -0.377 e. The number of nitrogens with zero attached hydrogens (tertiary/aromatic N) is 2. The van der Waals surface area contributed by atoms with Crippen LogP contribution in [-0.2, 0) is 0 Å². The molecular formula is C23H33N5O2. The molecule has 0 saturated carbocycles. The number of rotatable bonds is 9. The highest BCUT2D eigenvalue weighted by molar-refractivity contribution is 6.04. The number of carbonyl (C=O) groups excluding carboxylic acids is 2. The molecule has 162 valence electrons. The molecule has 2 aromatic rings. The molecule has 3 amide bonds. The Labute approximate surface area is 179 Å². The van der Waals surface area contributed by atoms with E-state index in [0.717, 1.165) is 30.9 Å². The largest absolute Gasteiger partial charge is 0.377 e. The van der Waals surface area contributed by atoms with E-state index >= 15 is 0 Å². The summed E-state index contributed by atoms with van der Waals surface area (Å²) in [6.45, 7) is 9.44. The summed E-state index contributed by atoms with van der Waals surface area (Å²) in [6, 6.07) is 12.6. The highest BCUT2D eigenvalue weighted by Crippen LogP contribution is 2.23. The predicted molar refractivity (Wildman–Crippen MR) is 125 cm³/mol. The lowest BCUT2D eigenvalue weighted by Gasteiger charge is -2.20. The van der Waals surface area contributed by atoms with Gasteiger partial charge in [0.05, 0.1) is 5.56 Å². The molecule has 3 N–H and O–H groups in total. The third-order valence-electron chi connectivity index (χ3n) is 4.86. The van der Waals surface area contributed by atoms with E-state index in [2.05, 4.69) is 34.7 Å². The van der Waals surface area contributed by atoms with E-state index in [-0.39, 0.29) is 11.9 Å². The van der Waals surface area contributed by atoms with Crippen molar-refractivity contribution in [2.24, 2.45) is 0 Å². The second-order valence-electron chi connectivity index (χ2n) is 7.36. The fourth-order valence-corrected chi connectivity index (χ4v) is 3.16. The Morgan fingerprint density at radius 2 is 1.60 bits per heavy atom. The van der Waals surface area contributed by atoms with E-state index in [1.807, 2.05) is 56.3 Å². The van der Waals surface area contributed by atoms with Crippen molar-refractivity contribution in [2.75, 3.05) is 55.8 Å². The summed E-state index contributed by atoms with van der Waals surface area (Å²) >= 11 is 0. The van der Waals surface area contributed by atoms with Gasteiger partial charge >= 0.3 is 6.03 Å². The Hall–Kier alpha value is -3.06. The van der Waals surface area contributed by atoms with Gasteiger partial charge in [-0.15, -0.1) is 0 Å². The second-order valence-corrected chi connectivity index (χ2v) is 7.36. The number of nitrogens with one attached hydrogen (secondary N) is 3. The Kier molecular flexibility index (Phi) is 8.68. The molecule has 30 heavy (non-hydrogen) atoms. The van der Waals surface area contributed by atoms with Crippen molar-refractivity contribution in [3.63, 3.8) is 0 Å². The number of hydrogen-bond acceptors (Lipinski definition) is 4. The maximum Gasteiger partial charge on any atom is 0.323 e. The zero-order valence-corrected chi connectivity index (χ0v) is 18.6. The smallest absolute Gasteiger partial charge is 0.323 e. The molecule has 0 fully saturated rings. The van der Waals surface area contributed by atoms with Crippen LogP contribution in [0.15, 0.2) is 42.5 Å². The van der Waals surface area contributed by atoms with Gasteiger partial charge in [0.25, 0.3) is 5.91 Å². The lowest BCUT2D eigenvalue weighted by Crippen LogP contribution is -2.35. The first kappa shape index (κ1) is 23.2. The van der Waals surface area contributed by atoms with E-state index in [0.29, 0.717) is 23.5 Å². The Bertz CT molecular complexity index is 862. The molecule has 0 saturated heterocycles. The fourth-order valence-electron chi connectivity index (χ4n) is 3.16. The van der Waals surface area contributed by atoms with Gasteiger partial charge in [0.1, 0.15) is 0 Å². The first-order chi connectivity index (χ1) is 14.3. The summed E-state index contributed by atoms with van der Waals surface area (Å²) in [7, 11) is 3.78. The predicted octanol–water partition coefficient (Wildman–Crippen LogP) is 3.78. The van der Waals surface area contributed by atoms with Crippen LogP contribution in [0.25, 0.3) is 0 Å². The minimum absolute atomic E-state index is 0.159. The molecule has 0 bridgehead atoms. The van der Waals surface area contributed by atoms with Gasteiger partial charge in [-0.25, -0.2) is 4.79 Å². The molecule has 0 heterocycles. The SMILES string of the molecule is CCN(CC)CCNC(=O)c1cc(NC(=O)Nc2cccc(C)c2)ccc1N(C)C. The Balaban J connectivity index is 2.09. The third kappa shape index (κ3) is 6.77. The summed E-state index contributed by atoms with van der Waals surface area (Å²) in [5.41, 5.74) is 3.64. The van der Waals surface area contributed by atoms with Gasteiger partial charge in [-0.05, 0) is 55.9 Å². The van der Waals surface area contributed by atoms with Crippen LogP contribution >= 0.6 is 0 Å². The van der Waals surface area contributed by atoms with Crippen LogP contribution in [0.5, 0.6) is 0 Å². The number of urea groups is 1. The average Bonchev–Trinajstić information content (AvgIpc) is 2.70. The zero-order chi connectivity index (χ0) is 22.1. The number of aryl methyl sites for hydroxylation is 1. The molecule has 0 aliphatic rings. The van der Waals surface area contributed by atoms with Crippen molar-refractivity contribution in [1.82, 2.24) is 10.2 Å². The molecular weight excluding hydrogens is 378 g/mol. The topological polar surface area (TPSA) is 76.7 Å². The first-order valence-electron chi connectivity index (χ1n) is 10.3. The van der Waals surface area contributed by atoms with Gasteiger partial charge in [0.15, 0.2) is 0 Å². The highest BCUT2D eigenvalue weighted by Gasteiger charge is 2.15.